The maximum absolute atomic E-state index is 5.78. The topological polar surface area (TPSA) is 0 Å². The van der Waals surface area contributed by atoms with Gasteiger partial charge in [0.2, 0.25) is 0 Å². The van der Waals surface area contributed by atoms with Crippen molar-refractivity contribution < 1.29 is 0 Å². The summed E-state index contributed by atoms with van der Waals surface area (Å²) in [6.45, 7) is 0. The van der Waals surface area contributed by atoms with Crippen LogP contribution >= 0.6 is 55.1 Å². The zero-order valence-electron chi connectivity index (χ0n) is 5.32. The molecule has 0 spiro atoms. The van der Waals surface area contributed by atoms with E-state index in [1.165, 1.54) is 0 Å². The number of hydrogen-bond donors (Lipinski definition) is 0. The summed E-state index contributed by atoms with van der Waals surface area (Å²) < 4.78 is 0.129. The highest BCUT2D eigenvalue weighted by molar-refractivity contribution is 9.24. The number of halogens is 4. The minimum absolute atomic E-state index is 0.129. The average molecular weight is 319 g/mol. The first-order valence-corrected chi connectivity index (χ1v) is 5.43. The van der Waals surface area contributed by atoms with Crippen molar-refractivity contribution in [2.45, 2.75) is 3.74 Å². The van der Waals surface area contributed by atoms with E-state index in [-0.39, 0.29) is 3.74 Å². The predicted molar refractivity (Wildman–Crippen MR) is 57.1 cm³/mol. The Morgan fingerprint density at radius 3 is 2.18 bits per heavy atom. The molecule has 0 atom stereocenters. The molecule has 0 unspecified atom stereocenters. The Labute approximate surface area is 92.1 Å². The van der Waals surface area contributed by atoms with Crippen molar-refractivity contribution in [3.05, 3.63) is 33.8 Å². The fraction of sp³-hybridized carbons (Fsp3) is 0.143. The van der Waals surface area contributed by atoms with Crippen molar-refractivity contribution >= 4 is 55.1 Å². The summed E-state index contributed by atoms with van der Waals surface area (Å²) in [5.41, 5.74) is 1.06. The lowest BCUT2D eigenvalue weighted by Crippen LogP contribution is -1.79. The van der Waals surface area contributed by atoms with Crippen molar-refractivity contribution in [1.82, 2.24) is 0 Å². The molecule has 0 N–H and O–H groups in total. The third-order valence-corrected chi connectivity index (χ3v) is 2.99. The molecule has 0 bridgehead atoms. The van der Waals surface area contributed by atoms with Crippen LogP contribution in [-0.2, 0) is 0 Å². The van der Waals surface area contributed by atoms with Crippen LogP contribution in [0.1, 0.15) is 9.30 Å². The zero-order chi connectivity index (χ0) is 8.43. The molecule has 0 radical (unpaired) electrons. The molecule has 0 aliphatic rings. The molecule has 11 heavy (non-hydrogen) atoms. The number of benzene rings is 1. The van der Waals surface area contributed by atoms with Crippen LogP contribution in [0.5, 0.6) is 0 Å². The van der Waals surface area contributed by atoms with Crippen molar-refractivity contribution in [3.8, 4) is 0 Å². The van der Waals surface area contributed by atoms with Crippen LogP contribution in [0.25, 0.3) is 0 Å². The van der Waals surface area contributed by atoms with Gasteiger partial charge in [0, 0.05) is 0 Å². The molecular weight excluding hydrogens is 315 g/mol. The van der Waals surface area contributed by atoms with Gasteiger partial charge in [-0.25, -0.2) is 0 Å². The molecule has 0 nitrogen and oxygen atoms in total. The quantitative estimate of drug-likeness (QED) is 0.654. The lowest BCUT2D eigenvalue weighted by Gasteiger charge is -2.02. The second kappa shape index (κ2) is 4.13. The molecule has 0 aliphatic heterocycles. The van der Waals surface area contributed by atoms with Gasteiger partial charge in [0.05, 0.1) is 13.8 Å². The molecule has 0 aromatic heterocycles. The van der Waals surface area contributed by atoms with E-state index < -0.39 is 0 Å². The van der Waals surface area contributed by atoms with Gasteiger partial charge in [0.15, 0.2) is 0 Å². The Bertz CT molecular complexity index is 261. The Kier molecular flexibility index (Phi) is 3.69. The third-order valence-electron chi connectivity index (χ3n) is 1.20. The van der Waals surface area contributed by atoms with Gasteiger partial charge in [0.1, 0.15) is 0 Å². The van der Waals surface area contributed by atoms with Crippen LogP contribution in [0.4, 0.5) is 0 Å². The minimum atomic E-state index is 0.129. The molecule has 4 heteroatoms. The molecule has 0 fully saturated rings. The zero-order valence-corrected chi connectivity index (χ0v) is 10.0. The molecule has 1 aromatic carbocycles. The highest BCUT2D eigenvalue weighted by atomic mass is 79.9. The molecule has 0 aliphatic carbocycles. The summed E-state index contributed by atoms with van der Waals surface area (Å²) in [5, 5.41) is 1.16. The van der Waals surface area contributed by atoms with E-state index in [0.717, 1.165) is 5.56 Å². The van der Waals surface area contributed by atoms with E-state index in [4.69, 9.17) is 23.2 Å². The predicted octanol–water partition coefficient (Wildman–Crippen LogP) is 4.78. The second-order valence-corrected chi connectivity index (χ2v) is 5.85. The second-order valence-electron chi connectivity index (χ2n) is 1.97. The normalized spacial score (nSPS) is 10.6. The first-order valence-electron chi connectivity index (χ1n) is 2.84. The van der Waals surface area contributed by atoms with Crippen molar-refractivity contribution in [2.75, 3.05) is 0 Å². The van der Waals surface area contributed by atoms with Crippen molar-refractivity contribution in [2.24, 2.45) is 0 Å². The van der Waals surface area contributed by atoms with Crippen LogP contribution in [-0.4, -0.2) is 0 Å². The Morgan fingerprint density at radius 1 is 1.09 bits per heavy atom. The van der Waals surface area contributed by atoms with Crippen molar-refractivity contribution in [3.63, 3.8) is 0 Å². The summed E-state index contributed by atoms with van der Waals surface area (Å²) in [5.74, 6) is 0. The maximum atomic E-state index is 5.78. The van der Waals surface area contributed by atoms with E-state index in [2.05, 4.69) is 31.9 Å². The van der Waals surface area contributed by atoms with Gasteiger partial charge in [-0.2, -0.15) is 0 Å². The number of alkyl halides is 2. The largest absolute Gasteiger partial charge is 0.0947 e. The summed E-state index contributed by atoms with van der Waals surface area (Å²) in [7, 11) is 0. The van der Waals surface area contributed by atoms with Crippen LogP contribution < -0.4 is 0 Å². The standard InChI is InChI=1S/C7H4Br2Cl2/c8-7(9)4-1-2-5(10)6(11)3-4/h1-3,7H. The van der Waals surface area contributed by atoms with Crippen molar-refractivity contribution in [1.29, 1.82) is 0 Å². The van der Waals surface area contributed by atoms with E-state index in [1.54, 1.807) is 6.07 Å². The molecule has 1 aromatic rings. The lowest BCUT2D eigenvalue weighted by atomic mass is 10.2. The van der Waals surface area contributed by atoms with Crippen LogP contribution in [0.15, 0.2) is 18.2 Å². The van der Waals surface area contributed by atoms with Gasteiger partial charge < -0.3 is 0 Å². The van der Waals surface area contributed by atoms with E-state index in [1.807, 2.05) is 12.1 Å². The van der Waals surface area contributed by atoms with Gasteiger partial charge in [-0.05, 0) is 17.7 Å². The third kappa shape index (κ3) is 2.62. The Morgan fingerprint density at radius 2 is 1.73 bits per heavy atom. The summed E-state index contributed by atoms with van der Waals surface area (Å²) in [4.78, 5) is 0. The van der Waals surface area contributed by atoms with Gasteiger partial charge in [-0.1, -0.05) is 61.1 Å². The maximum Gasteiger partial charge on any atom is 0.0947 e. The van der Waals surface area contributed by atoms with Crippen LogP contribution in [0.3, 0.4) is 0 Å². The summed E-state index contributed by atoms with van der Waals surface area (Å²) in [6.07, 6.45) is 0. The first-order chi connectivity index (χ1) is 5.11. The molecular formula is C7H4Br2Cl2. The van der Waals surface area contributed by atoms with Crippen LogP contribution in [0.2, 0.25) is 10.0 Å². The fourth-order valence-corrected chi connectivity index (χ4v) is 1.52. The van der Waals surface area contributed by atoms with Gasteiger partial charge in [-0.3, -0.25) is 0 Å². The smallest absolute Gasteiger partial charge is 0.0827 e. The number of hydrogen-bond acceptors (Lipinski definition) is 0. The monoisotopic (exact) mass is 316 g/mol. The van der Waals surface area contributed by atoms with Gasteiger partial charge in [0.25, 0.3) is 0 Å². The Balaban J connectivity index is 3.05. The van der Waals surface area contributed by atoms with Crippen LogP contribution in [0, 0.1) is 0 Å². The SMILES string of the molecule is Clc1ccc(C(Br)Br)cc1Cl. The average Bonchev–Trinajstić information content (AvgIpc) is 1.94. The fourth-order valence-electron chi connectivity index (χ4n) is 0.648. The summed E-state index contributed by atoms with van der Waals surface area (Å²) >= 11 is 18.2. The van der Waals surface area contributed by atoms with Gasteiger partial charge in [-0.15, -0.1) is 0 Å². The molecule has 1 rings (SSSR count). The minimum Gasteiger partial charge on any atom is -0.0827 e. The number of rotatable bonds is 1. The molecule has 0 saturated heterocycles. The highest BCUT2D eigenvalue weighted by Gasteiger charge is 2.04. The Hall–Kier alpha value is 0.760. The van der Waals surface area contributed by atoms with E-state index >= 15 is 0 Å². The highest BCUT2D eigenvalue weighted by Crippen LogP contribution is 2.33. The first kappa shape index (κ1) is 9.85. The van der Waals surface area contributed by atoms with E-state index in [0.29, 0.717) is 10.0 Å². The molecule has 60 valence electrons. The lowest BCUT2D eigenvalue weighted by molar-refractivity contribution is 1.42. The van der Waals surface area contributed by atoms with Gasteiger partial charge >= 0.3 is 0 Å². The van der Waals surface area contributed by atoms with E-state index in [9.17, 15) is 0 Å². The molecule has 0 amide bonds. The molecule has 0 heterocycles. The summed E-state index contributed by atoms with van der Waals surface area (Å²) in [6, 6.07) is 5.50. The molecule has 0 saturated carbocycles.